The topological polar surface area (TPSA) is 46.2 Å². The lowest BCUT2D eigenvalue weighted by Gasteiger charge is -2.12. The average molecular weight is 338 g/mol. The highest BCUT2D eigenvalue weighted by Gasteiger charge is 2.18. The van der Waals surface area contributed by atoms with E-state index < -0.39 is 15.8 Å². The number of hydrogen-bond acceptors (Lipinski definition) is 2. The van der Waals surface area contributed by atoms with E-state index in [2.05, 4.69) is 20.7 Å². The van der Waals surface area contributed by atoms with Gasteiger partial charge in [0, 0.05) is 11.4 Å². The minimum atomic E-state index is -3.65. The molecule has 0 radical (unpaired) electrons. The van der Waals surface area contributed by atoms with Crippen LogP contribution in [-0.4, -0.2) is 19.8 Å². The van der Waals surface area contributed by atoms with Gasteiger partial charge in [0.1, 0.15) is 5.82 Å². The third-order valence-electron chi connectivity index (χ3n) is 2.54. The molecule has 1 rings (SSSR count). The fraction of sp³-hybridized carbons (Fsp3) is 0.500. The largest absolute Gasteiger partial charge is 0.240 e. The van der Waals surface area contributed by atoms with E-state index in [1.165, 1.54) is 12.1 Å². The van der Waals surface area contributed by atoms with Crippen molar-refractivity contribution in [2.24, 2.45) is 0 Å². The molecule has 0 bridgehead atoms. The summed E-state index contributed by atoms with van der Waals surface area (Å²) in [6.07, 6.45) is 1.85. The second kappa shape index (κ2) is 6.63. The Morgan fingerprint density at radius 2 is 2.11 bits per heavy atom. The second-order valence-corrected chi connectivity index (χ2v) is 7.18. The molecule has 0 aromatic heterocycles. The number of hydrogen-bond donors (Lipinski definition) is 1. The van der Waals surface area contributed by atoms with Gasteiger partial charge in [-0.05, 0) is 31.0 Å². The van der Waals surface area contributed by atoms with Gasteiger partial charge in [-0.2, -0.15) is 0 Å². The number of aryl methyl sites for hydroxylation is 1. The molecule has 1 unspecified atom stereocenters. The summed E-state index contributed by atoms with van der Waals surface area (Å²) in [5, 5.41) is 0. The van der Waals surface area contributed by atoms with Crippen LogP contribution in [0.25, 0.3) is 0 Å². The van der Waals surface area contributed by atoms with Crippen molar-refractivity contribution in [2.45, 2.75) is 36.4 Å². The van der Waals surface area contributed by atoms with Gasteiger partial charge in [0.15, 0.2) is 0 Å². The van der Waals surface area contributed by atoms with Crippen molar-refractivity contribution in [1.29, 1.82) is 0 Å². The first-order valence-electron chi connectivity index (χ1n) is 5.76. The van der Waals surface area contributed by atoms with E-state index in [4.69, 9.17) is 0 Å². The van der Waals surface area contributed by atoms with Crippen molar-refractivity contribution in [3.8, 4) is 0 Å². The van der Waals surface area contributed by atoms with Crippen LogP contribution in [0.1, 0.15) is 25.3 Å². The van der Waals surface area contributed by atoms with Crippen LogP contribution < -0.4 is 4.72 Å². The quantitative estimate of drug-likeness (QED) is 0.811. The standard InChI is InChI=1S/C12H17BrFNO2S/c1-3-4-10(13)8-15-18(16,17)12-7-11(14)6-5-9(12)2/h5-7,10,15H,3-4,8H2,1-2H3. The summed E-state index contributed by atoms with van der Waals surface area (Å²) < 4.78 is 39.6. The zero-order chi connectivity index (χ0) is 13.8. The van der Waals surface area contributed by atoms with Gasteiger partial charge in [-0.1, -0.05) is 35.3 Å². The molecule has 1 aromatic rings. The first kappa shape index (κ1) is 15.6. The smallest absolute Gasteiger partial charge is 0.210 e. The normalized spacial score (nSPS) is 13.6. The summed E-state index contributed by atoms with van der Waals surface area (Å²) in [6, 6.07) is 3.75. The summed E-state index contributed by atoms with van der Waals surface area (Å²) in [7, 11) is -3.65. The zero-order valence-electron chi connectivity index (χ0n) is 10.4. The first-order valence-corrected chi connectivity index (χ1v) is 8.16. The highest BCUT2D eigenvalue weighted by molar-refractivity contribution is 9.09. The van der Waals surface area contributed by atoms with Crippen molar-refractivity contribution >= 4 is 26.0 Å². The summed E-state index contributed by atoms with van der Waals surface area (Å²) in [4.78, 5) is 0.0878. The molecule has 6 heteroatoms. The van der Waals surface area contributed by atoms with Gasteiger partial charge >= 0.3 is 0 Å². The summed E-state index contributed by atoms with van der Waals surface area (Å²) in [6.45, 7) is 3.97. The van der Waals surface area contributed by atoms with Gasteiger partial charge in [-0.25, -0.2) is 17.5 Å². The molecule has 0 fully saturated rings. The van der Waals surface area contributed by atoms with Crippen molar-refractivity contribution in [3.05, 3.63) is 29.6 Å². The Hall–Kier alpha value is -0.460. The molecule has 0 amide bonds. The Kier molecular flexibility index (Phi) is 5.75. The lowest BCUT2D eigenvalue weighted by atomic mass is 10.2. The van der Waals surface area contributed by atoms with E-state index in [9.17, 15) is 12.8 Å². The summed E-state index contributed by atoms with van der Waals surface area (Å²) >= 11 is 3.40. The maximum absolute atomic E-state index is 13.1. The van der Waals surface area contributed by atoms with Gasteiger partial charge in [-0.3, -0.25) is 0 Å². The Morgan fingerprint density at radius 1 is 1.44 bits per heavy atom. The van der Waals surface area contributed by atoms with E-state index in [1.54, 1.807) is 6.92 Å². The van der Waals surface area contributed by atoms with E-state index in [0.717, 1.165) is 18.9 Å². The molecule has 102 valence electrons. The number of sulfonamides is 1. The number of benzene rings is 1. The SMILES string of the molecule is CCCC(Br)CNS(=O)(=O)c1cc(F)ccc1C. The predicted octanol–water partition coefficient (Wildman–Crippen LogP) is 2.98. The van der Waals surface area contributed by atoms with E-state index in [-0.39, 0.29) is 9.72 Å². The van der Waals surface area contributed by atoms with Crippen LogP contribution in [-0.2, 0) is 10.0 Å². The first-order chi connectivity index (χ1) is 8.36. The molecular weight excluding hydrogens is 321 g/mol. The maximum atomic E-state index is 13.1. The third kappa shape index (κ3) is 4.33. The summed E-state index contributed by atoms with van der Waals surface area (Å²) in [5.74, 6) is -0.551. The molecule has 3 nitrogen and oxygen atoms in total. The van der Waals surface area contributed by atoms with Crippen LogP contribution in [0.3, 0.4) is 0 Å². The van der Waals surface area contributed by atoms with Crippen LogP contribution in [0.4, 0.5) is 4.39 Å². The number of rotatable bonds is 6. The second-order valence-electron chi connectivity index (χ2n) is 4.15. The van der Waals surface area contributed by atoms with Gasteiger partial charge in [0.05, 0.1) is 4.90 Å². The maximum Gasteiger partial charge on any atom is 0.240 e. The van der Waals surface area contributed by atoms with E-state index in [0.29, 0.717) is 12.1 Å². The molecule has 0 saturated carbocycles. The Balaban J connectivity index is 2.83. The van der Waals surface area contributed by atoms with Crippen LogP contribution in [0.5, 0.6) is 0 Å². The van der Waals surface area contributed by atoms with Gasteiger partial charge in [-0.15, -0.1) is 0 Å². The average Bonchev–Trinajstić information content (AvgIpc) is 2.30. The van der Waals surface area contributed by atoms with Crippen molar-refractivity contribution < 1.29 is 12.8 Å². The monoisotopic (exact) mass is 337 g/mol. The Morgan fingerprint density at radius 3 is 2.72 bits per heavy atom. The lowest BCUT2D eigenvalue weighted by molar-refractivity contribution is 0.573. The fourth-order valence-electron chi connectivity index (χ4n) is 1.56. The summed E-state index contributed by atoms with van der Waals surface area (Å²) in [5.41, 5.74) is 0.533. The Labute approximate surface area is 116 Å². The van der Waals surface area contributed by atoms with Crippen molar-refractivity contribution in [1.82, 2.24) is 4.72 Å². The minimum Gasteiger partial charge on any atom is -0.210 e. The van der Waals surface area contributed by atoms with Crippen LogP contribution >= 0.6 is 15.9 Å². The van der Waals surface area contributed by atoms with Gasteiger partial charge < -0.3 is 0 Å². The van der Waals surface area contributed by atoms with Crippen LogP contribution in [0.15, 0.2) is 23.1 Å². The molecule has 0 heterocycles. The Bertz CT molecular complexity index is 505. The van der Waals surface area contributed by atoms with Crippen LogP contribution in [0.2, 0.25) is 0 Å². The molecule has 0 saturated heterocycles. The minimum absolute atomic E-state index is 0.00121. The predicted molar refractivity (Wildman–Crippen MR) is 73.9 cm³/mol. The molecule has 1 aromatic carbocycles. The molecule has 0 spiro atoms. The molecule has 18 heavy (non-hydrogen) atoms. The highest BCUT2D eigenvalue weighted by atomic mass is 79.9. The van der Waals surface area contributed by atoms with Gasteiger partial charge in [0.25, 0.3) is 0 Å². The fourth-order valence-corrected chi connectivity index (χ4v) is 3.73. The molecule has 0 aliphatic rings. The third-order valence-corrected chi connectivity index (χ3v) is 4.88. The molecule has 0 aliphatic heterocycles. The number of nitrogens with one attached hydrogen (secondary N) is 1. The molecule has 0 aliphatic carbocycles. The zero-order valence-corrected chi connectivity index (χ0v) is 12.8. The highest BCUT2D eigenvalue weighted by Crippen LogP contribution is 2.17. The lowest BCUT2D eigenvalue weighted by Crippen LogP contribution is -2.30. The number of halogens is 2. The van der Waals surface area contributed by atoms with Crippen molar-refractivity contribution in [3.63, 3.8) is 0 Å². The van der Waals surface area contributed by atoms with Crippen molar-refractivity contribution in [2.75, 3.05) is 6.54 Å². The van der Waals surface area contributed by atoms with E-state index in [1.807, 2.05) is 6.92 Å². The van der Waals surface area contributed by atoms with Gasteiger partial charge in [0.2, 0.25) is 10.0 Å². The molecule has 1 N–H and O–H groups in total. The molecular formula is C12H17BrFNO2S. The molecule has 1 atom stereocenters. The number of alkyl halides is 1. The van der Waals surface area contributed by atoms with Crippen LogP contribution in [0, 0.1) is 12.7 Å². The van der Waals surface area contributed by atoms with E-state index >= 15 is 0 Å².